The van der Waals surface area contributed by atoms with Gasteiger partial charge in [0, 0.05) is 19.3 Å². The Morgan fingerprint density at radius 2 is 2.42 bits per heavy atom. The van der Waals surface area contributed by atoms with E-state index in [-0.39, 0.29) is 0 Å². The Bertz CT molecular complexity index is 381. The summed E-state index contributed by atoms with van der Waals surface area (Å²) in [5.41, 5.74) is 5.68. The highest BCUT2D eigenvalue weighted by Gasteiger charge is 2.22. The molecular weight excluding hydrogens is 238 g/mol. The van der Waals surface area contributed by atoms with Gasteiger partial charge < -0.3 is 15.4 Å². The van der Waals surface area contributed by atoms with Crippen molar-refractivity contribution in [2.45, 2.75) is 32.6 Å². The summed E-state index contributed by atoms with van der Waals surface area (Å²) < 4.78 is 5.81. The van der Waals surface area contributed by atoms with Crippen LogP contribution in [0.15, 0.2) is 18.3 Å². The Hall–Kier alpha value is -1.29. The number of hydrogen-bond donors (Lipinski definition) is 1. The van der Waals surface area contributed by atoms with Crippen molar-refractivity contribution in [2.75, 3.05) is 31.1 Å². The van der Waals surface area contributed by atoms with E-state index in [4.69, 9.17) is 10.5 Å². The van der Waals surface area contributed by atoms with E-state index in [2.05, 4.69) is 16.8 Å². The normalized spacial score (nSPS) is 19.5. The van der Waals surface area contributed by atoms with Crippen molar-refractivity contribution >= 4 is 5.82 Å². The summed E-state index contributed by atoms with van der Waals surface area (Å²) in [7, 11) is 0. The lowest BCUT2D eigenvalue weighted by Gasteiger charge is -2.34. The van der Waals surface area contributed by atoms with Crippen LogP contribution in [0.3, 0.4) is 0 Å². The SMILES string of the molecule is CCCOc1cccnc1N1CCCC(CCN)C1. The third-order valence-electron chi connectivity index (χ3n) is 3.61. The van der Waals surface area contributed by atoms with E-state index < -0.39 is 0 Å². The molecule has 1 fully saturated rings. The number of aromatic nitrogens is 1. The molecule has 1 aliphatic rings. The lowest BCUT2D eigenvalue weighted by atomic mass is 9.95. The minimum Gasteiger partial charge on any atom is -0.490 e. The molecule has 2 heterocycles. The number of nitrogens with zero attached hydrogens (tertiary/aromatic N) is 2. The van der Waals surface area contributed by atoms with E-state index in [9.17, 15) is 0 Å². The van der Waals surface area contributed by atoms with Crippen LogP contribution < -0.4 is 15.4 Å². The van der Waals surface area contributed by atoms with Gasteiger partial charge in [-0.2, -0.15) is 0 Å². The van der Waals surface area contributed by atoms with E-state index in [0.717, 1.165) is 50.7 Å². The Morgan fingerprint density at radius 3 is 3.21 bits per heavy atom. The molecule has 0 amide bonds. The minimum atomic E-state index is 0.694. The highest BCUT2D eigenvalue weighted by molar-refractivity contribution is 5.52. The van der Waals surface area contributed by atoms with E-state index in [0.29, 0.717) is 5.92 Å². The van der Waals surface area contributed by atoms with Gasteiger partial charge in [0.05, 0.1) is 6.61 Å². The first-order valence-electron chi connectivity index (χ1n) is 7.38. The standard InChI is InChI=1S/C15H25N3O/c1-2-11-19-14-6-3-9-17-15(14)18-10-4-5-13(12-18)7-8-16/h3,6,9,13H,2,4-5,7-8,10-12,16H2,1H3. The number of nitrogens with two attached hydrogens (primary N) is 1. The van der Waals surface area contributed by atoms with Gasteiger partial charge in [0.15, 0.2) is 11.6 Å². The van der Waals surface area contributed by atoms with Gasteiger partial charge in [-0.3, -0.25) is 0 Å². The zero-order valence-electron chi connectivity index (χ0n) is 11.8. The van der Waals surface area contributed by atoms with Gasteiger partial charge in [-0.05, 0) is 50.3 Å². The van der Waals surface area contributed by atoms with Crippen LogP contribution in [0.1, 0.15) is 32.6 Å². The molecule has 1 saturated heterocycles. The van der Waals surface area contributed by atoms with Gasteiger partial charge in [0.25, 0.3) is 0 Å². The number of piperidine rings is 1. The molecule has 1 aliphatic heterocycles. The fourth-order valence-corrected chi connectivity index (χ4v) is 2.67. The lowest BCUT2D eigenvalue weighted by molar-refractivity contribution is 0.313. The van der Waals surface area contributed by atoms with Crippen LogP contribution in [0, 0.1) is 5.92 Å². The Morgan fingerprint density at radius 1 is 1.53 bits per heavy atom. The maximum Gasteiger partial charge on any atom is 0.171 e. The molecule has 0 aliphatic carbocycles. The monoisotopic (exact) mass is 263 g/mol. The molecule has 0 aromatic carbocycles. The summed E-state index contributed by atoms with van der Waals surface area (Å²) in [4.78, 5) is 6.88. The smallest absolute Gasteiger partial charge is 0.171 e. The third-order valence-corrected chi connectivity index (χ3v) is 3.61. The van der Waals surface area contributed by atoms with Gasteiger partial charge in [-0.15, -0.1) is 0 Å². The molecule has 0 bridgehead atoms. The second kappa shape index (κ2) is 7.34. The zero-order chi connectivity index (χ0) is 13.5. The fourth-order valence-electron chi connectivity index (χ4n) is 2.67. The van der Waals surface area contributed by atoms with Crippen molar-refractivity contribution in [1.29, 1.82) is 0 Å². The molecule has 1 aromatic rings. The van der Waals surface area contributed by atoms with Crippen LogP contribution in [-0.4, -0.2) is 31.2 Å². The molecule has 1 aromatic heterocycles. The summed E-state index contributed by atoms with van der Waals surface area (Å²) in [6.45, 7) is 5.77. The van der Waals surface area contributed by atoms with Crippen LogP contribution in [0.2, 0.25) is 0 Å². The van der Waals surface area contributed by atoms with Crippen molar-refractivity contribution in [3.8, 4) is 5.75 Å². The molecule has 4 heteroatoms. The van der Waals surface area contributed by atoms with Crippen LogP contribution in [-0.2, 0) is 0 Å². The van der Waals surface area contributed by atoms with Gasteiger partial charge >= 0.3 is 0 Å². The predicted molar refractivity (Wildman–Crippen MR) is 78.6 cm³/mol. The van der Waals surface area contributed by atoms with Crippen molar-refractivity contribution < 1.29 is 4.74 Å². The van der Waals surface area contributed by atoms with E-state index in [1.54, 1.807) is 0 Å². The van der Waals surface area contributed by atoms with Crippen molar-refractivity contribution in [2.24, 2.45) is 11.7 Å². The number of ether oxygens (including phenoxy) is 1. The molecule has 0 radical (unpaired) electrons. The van der Waals surface area contributed by atoms with E-state index in [1.165, 1.54) is 12.8 Å². The van der Waals surface area contributed by atoms with Crippen LogP contribution in [0.5, 0.6) is 5.75 Å². The zero-order valence-corrected chi connectivity index (χ0v) is 11.8. The summed E-state index contributed by atoms with van der Waals surface area (Å²) in [5.74, 6) is 2.61. The number of anilines is 1. The topological polar surface area (TPSA) is 51.4 Å². The molecule has 106 valence electrons. The molecule has 2 rings (SSSR count). The molecule has 1 atom stereocenters. The Balaban J connectivity index is 2.07. The Kier molecular flexibility index (Phi) is 5.45. The van der Waals surface area contributed by atoms with Gasteiger partial charge in [0.1, 0.15) is 0 Å². The Labute approximate surface area is 116 Å². The molecule has 19 heavy (non-hydrogen) atoms. The second-order valence-electron chi connectivity index (χ2n) is 5.21. The number of pyridine rings is 1. The van der Waals surface area contributed by atoms with Crippen molar-refractivity contribution in [3.05, 3.63) is 18.3 Å². The number of hydrogen-bond acceptors (Lipinski definition) is 4. The first-order valence-corrected chi connectivity index (χ1v) is 7.38. The quantitative estimate of drug-likeness (QED) is 0.856. The summed E-state index contributed by atoms with van der Waals surface area (Å²) >= 11 is 0. The van der Waals surface area contributed by atoms with Gasteiger partial charge in [0.2, 0.25) is 0 Å². The van der Waals surface area contributed by atoms with Crippen LogP contribution >= 0.6 is 0 Å². The average Bonchev–Trinajstić information content (AvgIpc) is 2.46. The number of rotatable bonds is 6. The van der Waals surface area contributed by atoms with Gasteiger partial charge in [-0.1, -0.05) is 6.92 Å². The molecule has 4 nitrogen and oxygen atoms in total. The maximum absolute atomic E-state index is 5.81. The lowest BCUT2D eigenvalue weighted by Crippen LogP contribution is -2.37. The van der Waals surface area contributed by atoms with Crippen molar-refractivity contribution in [1.82, 2.24) is 4.98 Å². The molecule has 2 N–H and O–H groups in total. The predicted octanol–water partition coefficient (Wildman–Crippen LogP) is 2.44. The summed E-state index contributed by atoms with van der Waals surface area (Å²) in [6.07, 6.45) is 6.47. The van der Waals surface area contributed by atoms with Gasteiger partial charge in [-0.25, -0.2) is 4.98 Å². The fraction of sp³-hybridized carbons (Fsp3) is 0.667. The molecule has 0 saturated carbocycles. The first-order chi connectivity index (χ1) is 9.35. The molecular formula is C15H25N3O. The molecule has 0 spiro atoms. The molecule has 1 unspecified atom stereocenters. The maximum atomic E-state index is 5.81. The summed E-state index contributed by atoms with van der Waals surface area (Å²) in [5, 5.41) is 0. The van der Waals surface area contributed by atoms with E-state index >= 15 is 0 Å². The summed E-state index contributed by atoms with van der Waals surface area (Å²) in [6, 6.07) is 3.96. The van der Waals surface area contributed by atoms with E-state index in [1.807, 2.05) is 18.3 Å². The first kappa shape index (κ1) is 14.1. The highest BCUT2D eigenvalue weighted by atomic mass is 16.5. The van der Waals surface area contributed by atoms with Crippen LogP contribution in [0.25, 0.3) is 0 Å². The van der Waals surface area contributed by atoms with Crippen LogP contribution in [0.4, 0.5) is 5.82 Å². The average molecular weight is 263 g/mol. The largest absolute Gasteiger partial charge is 0.490 e. The minimum absolute atomic E-state index is 0.694. The second-order valence-corrected chi connectivity index (χ2v) is 5.21. The highest BCUT2D eigenvalue weighted by Crippen LogP contribution is 2.30. The third kappa shape index (κ3) is 3.83. The van der Waals surface area contributed by atoms with Crippen molar-refractivity contribution in [3.63, 3.8) is 0 Å².